The van der Waals surface area contributed by atoms with Crippen molar-refractivity contribution in [1.29, 1.82) is 0 Å². The number of nitrogens with zero attached hydrogens (tertiary/aromatic N) is 1. The number of carbonyl (C=O) groups excluding carboxylic acids is 2. The molecule has 0 radical (unpaired) electrons. The highest BCUT2D eigenvalue weighted by Gasteiger charge is 2.21. The third kappa shape index (κ3) is 4.40. The molecule has 1 N–H and O–H groups in total. The molecule has 0 atom stereocenters. The minimum atomic E-state index is -0.229. The summed E-state index contributed by atoms with van der Waals surface area (Å²) in [6.07, 6.45) is 2.09. The van der Waals surface area contributed by atoms with Gasteiger partial charge in [-0.15, -0.1) is 0 Å². The lowest BCUT2D eigenvalue weighted by atomic mass is 9.98. The molecule has 1 saturated heterocycles. The van der Waals surface area contributed by atoms with Crippen LogP contribution < -0.4 is 5.32 Å². The standard InChI is InChI=1S/C20H21ClN2O2/c1-14-9-11-23(12-10-14)20(25)16-7-5-15(6-8-16)19(24)22-18-4-2-3-17(21)13-18/h2-8,13-14H,9-12H2,1H3,(H,22,24). The monoisotopic (exact) mass is 356 g/mol. The summed E-state index contributed by atoms with van der Waals surface area (Å²) in [7, 11) is 0. The number of likely N-dealkylation sites (tertiary alicyclic amines) is 1. The molecule has 0 aliphatic carbocycles. The zero-order chi connectivity index (χ0) is 17.8. The first kappa shape index (κ1) is 17.5. The molecule has 0 bridgehead atoms. The van der Waals surface area contributed by atoms with Gasteiger partial charge in [-0.05, 0) is 61.2 Å². The second-order valence-corrected chi connectivity index (χ2v) is 6.95. The van der Waals surface area contributed by atoms with E-state index in [0.29, 0.717) is 27.8 Å². The maximum absolute atomic E-state index is 12.5. The largest absolute Gasteiger partial charge is 0.339 e. The van der Waals surface area contributed by atoms with E-state index in [9.17, 15) is 9.59 Å². The van der Waals surface area contributed by atoms with Crippen molar-refractivity contribution < 1.29 is 9.59 Å². The van der Waals surface area contributed by atoms with Crippen LogP contribution in [0.25, 0.3) is 0 Å². The molecule has 3 rings (SSSR count). The van der Waals surface area contributed by atoms with Gasteiger partial charge in [0.15, 0.2) is 0 Å². The van der Waals surface area contributed by atoms with Crippen molar-refractivity contribution in [3.8, 4) is 0 Å². The van der Waals surface area contributed by atoms with Crippen molar-refractivity contribution in [2.75, 3.05) is 18.4 Å². The van der Waals surface area contributed by atoms with E-state index in [4.69, 9.17) is 11.6 Å². The maximum Gasteiger partial charge on any atom is 0.255 e. The third-order valence-corrected chi connectivity index (χ3v) is 4.78. The molecule has 2 amide bonds. The van der Waals surface area contributed by atoms with Crippen LogP contribution in [-0.2, 0) is 0 Å². The summed E-state index contributed by atoms with van der Waals surface area (Å²) in [6, 6.07) is 13.8. The molecule has 1 heterocycles. The van der Waals surface area contributed by atoms with E-state index in [1.807, 2.05) is 4.90 Å². The van der Waals surface area contributed by atoms with Crippen LogP contribution in [-0.4, -0.2) is 29.8 Å². The van der Waals surface area contributed by atoms with Gasteiger partial charge < -0.3 is 10.2 Å². The summed E-state index contributed by atoms with van der Waals surface area (Å²) in [6.45, 7) is 3.82. The van der Waals surface area contributed by atoms with Crippen LogP contribution in [0.3, 0.4) is 0 Å². The molecule has 25 heavy (non-hydrogen) atoms. The Kier molecular flexibility index (Phi) is 5.39. The predicted molar refractivity (Wildman–Crippen MR) is 100 cm³/mol. The highest BCUT2D eigenvalue weighted by molar-refractivity contribution is 6.31. The predicted octanol–water partition coefficient (Wildman–Crippen LogP) is 4.46. The molecule has 0 unspecified atom stereocenters. The van der Waals surface area contributed by atoms with Gasteiger partial charge in [-0.3, -0.25) is 9.59 Å². The van der Waals surface area contributed by atoms with Crippen molar-refractivity contribution in [3.05, 3.63) is 64.7 Å². The summed E-state index contributed by atoms with van der Waals surface area (Å²) < 4.78 is 0. The van der Waals surface area contributed by atoms with Crippen LogP contribution in [0.2, 0.25) is 5.02 Å². The number of hydrogen-bond donors (Lipinski definition) is 1. The Morgan fingerprint density at radius 3 is 2.32 bits per heavy atom. The van der Waals surface area contributed by atoms with Crippen LogP contribution in [0.1, 0.15) is 40.5 Å². The van der Waals surface area contributed by atoms with E-state index >= 15 is 0 Å². The molecule has 5 heteroatoms. The lowest BCUT2D eigenvalue weighted by molar-refractivity contribution is 0.0697. The Morgan fingerprint density at radius 2 is 1.68 bits per heavy atom. The highest BCUT2D eigenvalue weighted by Crippen LogP contribution is 2.19. The van der Waals surface area contributed by atoms with Crippen LogP contribution in [0, 0.1) is 5.92 Å². The van der Waals surface area contributed by atoms with Gasteiger partial charge in [0, 0.05) is 34.9 Å². The van der Waals surface area contributed by atoms with E-state index < -0.39 is 0 Å². The molecular formula is C20H21ClN2O2. The smallest absolute Gasteiger partial charge is 0.255 e. The van der Waals surface area contributed by atoms with Crippen LogP contribution in [0.15, 0.2) is 48.5 Å². The van der Waals surface area contributed by atoms with Crippen LogP contribution >= 0.6 is 11.6 Å². The first-order valence-electron chi connectivity index (χ1n) is 8.49. The molecule has 0 spiro atoms. The van der Waals surface area contributed by atoms with Crippen molar-refractivity contribution in [3.63, 3.8) is 0 Å². The minimum Gasteiger partial charge on any atom is -0.339 e. The lowest BCUT2D eigenvalue weighted by Gasteiger charge is -2.30. The summed E-state index contributed by atoms with van der Waals surface area (Å²) in [5.74, 6) is 0.489. The molecule has 0 aromatic heterocycles. The Bertz CT molecular complexity index is 766. The van der Waals surface area contributed by atoms with Crippen molar-refractivity contribution in [1.82, 2.24) is 4.90 Å². The number of amides is 2. The second-order valence-electron chi connectivity index (χ2n) is 6.52. The molecule has 0 saturated carbocycles. The Hall–Kier alpha value is -2.33. The number of carbonyl (C=O) groups is 2. The van der Waals surface area contributed by atoms with E-state index in [1.165, 1.54) is 0 Å². The number of anilines is 1. The first-order chi connectivity index (χ1) is 12.0. The van der Waals surface area contributed by atoms with Crippen molar-refractivity contribution in [2.24, 2.45) is 5.92 Å². The summed E-state index contributed by atoms with van der Waals surface area (Å²) in [4.78, 5) is 26.7. The number of rotatable bonds is 3. The van der Waals surface area contributed by atoms with Gasteiger partial charge in [-0.2, -0.15) is 0 Å². The topological polar surface area (TPSA) is 49.4 Å². The van der Waals surface area contributed by atoms with Gasteiger partial charge >= 0.3 is 0 Å². The quantitative estimate of drug-likeness (QED) is 0.882. The van der Waals surface area contributed by atoms with Gasteiger partial charge in [-0.1, -0.05) is 24.6 Å². The zero-order valence-electron chi connectivity index (χ0n) is 14.2. The Balaban J connectivity index is 1.65. The van der Waals surface area contributed by atoms with Crippen molar-refractivity contribution >= 4 is 29.1 Å². The molecule has 4 nitrogen and oxygen atoms in total. The molecule has 1 aliphatic heterocycles. The number of nitrogens with one attached hydrogen (secondary N) is 1. The number of piperidine rings is 1. The number of benzene rings is 2. The van der Waals surface area contributed by atoms with Crippen molar-refractivity contribution in [2.45, 2.75) is 19.8 Å². The van der Waals surface area contributed by atoms with Gasteiger partial charge in [0.2, 0.25) is 0 Å². The fourth-order valence-electron chi connectivity index (χ4n) is 2.93. The molecule has 1 fully saturated rings. The van der Waals surface area contributed by atoms with Crippen LogP contribution in [0.4, 0.5) is 5.69 Å². The summed E-state index contributed by atoms with van der Waals surface area (Å²) in [5, 5.41) is 3.36. The van der Waals surface area contributed by atoms with Gasteiger partial charge in [0.05, 0.1) is 0 Å². The lowest BCUT2D eigenvalue weighted by Crippen LogP contribution is -2.37. The fourth-order valence-corrected chi connectivity index (χ4v) is 3.12. The number of hydrogen-bond acceptors (Lipinski definition) is 2. The summed E-state index contributed by atoms with van der Waals surface area (Å²) in [5.41, 5.74) is 1.76. The molecule has 130 valence electrons. The Morgan fingerprint density at radius 1 is 1.04 bits per heavy atom. The number of halogens is 1. The third-order valence-electron chi connectivity index (χ3n) is 4.55. The van der Waals surface area contributed by atoms with E-state index in [1.54, 1.807) is 48.5 Å². The average molecular weight is 357 g/mol. The molecule has 2 aromatic carbocycles. The summed E-state index contributed by atoms with van der Waals surface area (Å²) >= 11 is 5.92. The molecule has 1 aliphatic rings. The molecular weight excluding hydrogens is 336 g/mol. The minimum absolute atomic E-state index is 0.0358. The fraction of sp³-hybridized carbons (Fsp3) is 0.300. The van der Waals surface area contributed by atoms with E-state index in [2.05, 4.69) is 12.2 Å². The van der Waals surface area contributed by atoms with E-state index in [-0.39, 0.29) is 11.8 Å². The Labute approximate surface area is 152 Å². The maximum atomic E-state index is 12.5. The van der Waals surface area contributed by atoms with E-state index in [0.717, 1.165) is 25.9 Å². The first-order valence-corrected chi connectivity index (χ1v) is 8.87. The normalized spacial score (nSPS) is 15.0. The second kappa shape index (κ2) is 7.70. The van der Waals surface area contributed by atoms with Gasteiger partial charge in [0.1, 0.15) is 0 Å². The average Bonchev–Trinajstić information content (AvgIpc) is 2.62. The highest BCUT2D eigenvalue weighted by atomic mass is 35.5. The SMILES string of the molecule is CC1CCN(C(=O)c2ccc(C(=O)Nc3cccc(Cl)c3)cc2)CC1. The molecule has 2 aromatic rings. The van der Waals surface area contributed by atoms with Gasteiger partial charge in [-0.25, -0.2) is 0 Å². The van der Waals surface area contributed by atoms with Crippen LogP contribution in [0.5, 0.6) is 0 Å². The van der Waals surface area contributed by atoms with Gasteiger partial charge in [0.25, 0.3) is 11.8 Å². The zero-order valence-corrected chi connectivity index (χ0v) is 14.9.